The van der Waals surface area contributed by atoms with Gasteiger partial charge in [-0.25, -0.2) is 0 Å². The monoisotopic (exact) mass is 376 g/mol. The van der Waals surface area contributed by atoms with Crippen LogP contribution in [-0.2, 0) is 6.18 Å². The molecule has 1 aliphatic rings. The van der Waals surface area contributed by atoms with E-state index >= 15 is 0 Å². The van der Waals surface area contributed by atoms with Crippen LogP contribution in [0.3, 0.4) is 0 Å². The number of piperazine rings is 1. The Bertz CT molecular complexity index is 737. The zero-order chi connectivity index (χ0) is 19.7. The summed E-state index contributed by atoms with van der Waals surface area (Å²) in [6.45, 7) is 10.8. The van der Waals surface area contributed by atoms with Crippen molar-refractivity contribution < 1.29 is 13.2 Å². The van der Waals surface area contributed by atoms with Crippen molar-refractivity contribution in [1.29, 1.82) is 0 Å². The van der Waals surface area contributed by atoms with Gasteiger partial charge in [0.1, 0.15) is 0 Å². The largest absolute Gasteiger partial charge is 0.416 e. The first kappa shape index (κ1) is 19.9. The average molecular weight is 376 g/mol. The molecular formula is C22H27F3N2. The molecule has 0 aliphatic carbocycles. The number of rotatable bonds is 3. The lowest BCUT2D eigenvalue weighted by Gasteiger charge is -2.42. The smallest absolute Gasteiger partial charge is 0.314 e. The van der Waals surface area contributed by atoms with Crippen LogP contribution in [0.25, 0.3) is 11.1 Å². The number of alkyl halides is 3. The number of nitrogens with one attached hydrogen (secondary N) is 1. The highest BCUT2D eigenvalue weighted by atomic mass is 19.4. The molecule has 5 heteroatoms. The van der Waals surface area contributed by atoms with E-state index in [1.54, 1.807) is 0 Å². The second kappa shape index (κ2) is 7.64. The lowest BCUT2D eigenvalue weighted by molar-refractivity contribution is -0.137. The summed E-state index contributed by atoms with van der Waals surface area (Å²) in [5.74, 6) is 0. The van der Waals surface area contributed by atoms with E-state index in [-0.39, 0.29) is 5.41 Å². The standard InChI is InChI=1S/C22H27F3N2/c1-21(2,3)20(27-14-12-26-13-15-27)18-6-4-16(5-7-18)17-8-10-19(11-9-17)22(23,24)25/h4-11,20,26H,12-15H2,1-3H3/t20-/m0/s1. The summed E-state index contributed by atoms with van der Waals surface area (Å²) in [4.78, 5) is 2.52. The molecule has 3 rings (SSSR count). The summed E-state index contributed by atoms with van der Waals surface area (Å²) in [5, 5.41) is 3.40. The average Bonchev–Trinajstić information content (AvgIpc) is 2.62. The Balaban J connectivity index is 1.84. The minimum Gasteiger partial charge on any atom is -0.314 e. The lowest BCUT2D eigenvalue weighted by atomic mass is 9.80. The first-order valence-electron chi connectivity index (χ1n) is 9.38. The number of hydrogen-bond donors (Lipinski definition) is 1. The normalized spacial score (nSPS) is 17.7. The maximum Gasteiger partial charge on any atom is 0.416 e. The van der Waals surface area contributed by atoms with Gasteiger partial charge in [-0.3, -0.25) is 4.90 Å². The van der Waals surface area contributed by atoms with Crippen molar-refractivity contribution in [3.63, 3.8) is 0 Å². The van der Waals surface area contributed by atoms with Gasteiger partial charge in [-0.2, -0.15) is 13.2 Å². The summed E-state index contributed by atoms with van der Waals surface area (Å²) in [6.07, 6.45) is -4.30. The fourth-order valence-electron chi connectivity index (χ4n) is 3.91. The predicted molar refractivity (Wildman–Crippen MR) is 104 cm³/mol. The minimum atomic E-state index is -4.30. The van der Waals surface area contributed by atoms with Crippen molar-refractivity contribution in [3.8, 4) is 11.1 Å². The maximum atomic E-state index is 12.7. The van der Waals surface area contributed by atoms with Crippen LogP contribution in [0.15, 0.2) is 48.5 Å². The van der Waals surface area contributed by atoms with Crippen LogP contribution >= 0.6 is 0 Å². The lowest BCUT2D eigenvalue weighted by Crippen LogP contribution is -2.48. The van der Waals surface area contributed by atoms with Crippen LogP contribution in [0.4, 0.5) is 13.2 Å². The van der Waals surface area contributed by atoms with Gasteiger partial charge in [-0.15, -0.1) is 0 Å². The fraction of sp³-hybridized carbons (Fsp3) is 0.455. The van der Waals surface area contributed by atoms with E-state index in [2.05, 4.69) is 43.1 Å². The Hall–Kier alpha value is -1.85. The Morgan fingerprint density at radius 2 is 1.30 bits per heavy atom. The number of hydrogen-bond acceptors (Lipinski definition) is 2. The van der Waals surface area contributed by atoms with Gasteiger partial charge in [0.15, 0.2) is 0 Å². The van der Waals surface area contributed by atoms with Crippen molar-refractivity contribution in [2.75, 3.05) is 26.2 Å². The Labute approximate surface area is 159 Å². The SMILES string of the molecule is CC(C)(C)[C@H](c1ccc(-c2ccc(C(F)(F)F)cc2)cc1)N1CCNCC1. The highest BCUT2D eigenvalue weighted by Gasteiger charge is 2.32. The summed E-state index contributed by atoms with van der Waals surface area (Å²) in [5.41, 5.74) is 2.45. The summed E-state index contributed by atoms with van der Waals surface area (Å²) in [7, 11) is 0. The van der Waals surface area contributed by atoms with Gasteiger partial charge in [-0.05, 0) is 34.2 Å². The van der Waals surface area contributed by atoms with E-state index in [1.807, 2.05) is 12.1 Å². The van der Waals surface area contributed by atoms with Gasteiger partial charge in [0, 0.05) is 32.2 Å². The zero-order valence-electron chi connectivity index (χ0n) is 16.1. The molecule has 1 saturated heterocycles. The summed E-state index contributed by atoms with van der Waals surface area (Å²) in [6, 6.07) is 13.9. The Kier molecular flexibility index (Phi) is 5.63. The van der Waals surface area contributed by atoms with Crippen LogP contribution in [0.1, 0.15) is 37.9 Å². The van der Waals surface area contributed by atoms with Crippen molar-refractivity contribution in [2.24, 2.45) is 5.41 Å². The van der Waals surface area contributed by atoms with Crippen molar-refractivity contribution in [2.45, 2.75) is 33.0 Å². The molecule has 1 N–H and O–H groups in total. The molecule has 0 saturated carbocycles. The molecule has 0 radical (unpaired) electrons. The third-order valence-corrected chi connectivity index (χ3v) is 5.11. The number of halogens is 3. The van der Waals surface area contributed by atoms with E-state index in [0.29, 0.717) is 6.04 Å². The fourth-order valence-corrected chi connectivity index (χ4v) is 3.91. The number of nitrogens with zero attached hydrogens (tertiary/aromatic N) is 1. The molecule has 1 heterocycles. The molecule has 0 spiro atoms. The molecule has 0 aromatic heterocycles. The van der Waals surface area contributed by atoms with E-state index in [1.165, 1.54) is 17.7 Å². The Morgan fingerprint density at radius 3 is 1.74 bits per heavy atom. The van der Waals surface area contributed by atoms with Gasteiger partial charge in [-0.1, -0.05) is 57.2 Å². The van der Waals surface area contributed by atoms with E-state index < -0.39 is 11.7 Å². The van der Waals surface area contributed by atoms with Gasteiger partial charge < -0.3 is 5.32 Å². The third-order valence-electron chi connectivity index (χ3n) is 5.11. The molecule has 2 aromatic carbocycles. The summed E-state index contributed by atoms with van der Waals surface area (Å²) < 4.78 is 38.2. The molecule has 1 aliphatic heterocycles. The van der Waals surface area contributed by atoms with Crippen LogP contribution in [0.2, 0.25) is 0 Å². The molecule has 27 heavy (non-hydrogen) atoms. The van der Waals surface area contributed by atoms with Gasteiger partial charge in [0.2, 0.25) is 0 Å². The first-order valence-corrected chi connectivity index (χ1v) is 9.38. The second-order valence-corrected chi connectivity index (χ2v) is 8.25. The highest BCUT2D eigenvalue weighted by molar-refractivity contribution is 5.64. The quantitative estimate of drug-likeness (QED) is 0.775. The predicted octanol–water partition coefficient (Wildman–Crippen LogP) is 5.36. The maximum absolute atomic E-state index is 12.7. The molecule has 1 atom stereocenters. The van der Waals surface area contributed by atoms with Crippen LogP contribution in [-0.4, -0.2) is 31.1 Å². The second-order valence-electron chi connectivity index (χ2n) is 8.25. The molecule has 0 unspecified atom stereocenters. The van der Waals surface area contributed by atoms with Crippen molar-refractivity contribution in [3.05, 3.63) is 59.7 Å². The van der Waals surface area contributed by atoms with Gasteiger partial charge in [0.05, 0.1) is 5.56 Å². The topological polar surface area (TPSA) is 15.3 Å². The van der Waals surface area contributed by atoms with E-state index in [9.17, 15) is 13.2 Å². The molecule has 2 aromatic rings. The molecule has 146 valence electrons. The minimum absolute atomic E-state index is 0.0905. The van der Waals surface area contributed by atoms with Gasteiger partial charge >= 0.3 is 6.18 Å². The Morgan fingerprint density at radius 1 is 0.815 bits per heavy atom. The highest BCUT2D eigenvalue weighted by Crippen LogP contribution is 2.39. The third kappa shape index (κ3) is 4.71. The van der Waals surface area contributed by atoms with Crippen molar-refractivity contribution in [1.82, 2.24) is 10.2 Å². The number of benzene rings is 2. The van der Waals surface area contributed by atoms with Crippen LogP contribution in [0.5, 0.6) is 0 Å². The van der Waals surface area contributed by atoms with Crippen molar-refractivity contribution >= 4 is 0 Å². The van der Waals surface area contributed by atoms with Gasteiger partial charge in [0.25, 0.3) is 0 Å². The first-order chi connectivity index (χ1) is 12.7. The molecular weight excluding hydrogens is 349 g/mol. The molecule has 0 bridgehead atoms. The van der Waals surface area contributed by atoms with Crippen LogP contribution < -0.4 is 5.32 Å². The molecule has 2 nitrogen and oxygen atoms in total. The molecule has 1 fully saturated rings. The zero-order valence-corrected chi connectivity index (χ0v) is 16.1. The van der Waals surface area contributed by atoms with E-state index in [0.717, 1.165) is 49.4 Å². The van der Waals surface area contributed by atoms with Crippen LogP contribution in [0, 0.1) is 5.41 Å². The molecule has 0 amide bonds. The summed E-state index contributed by atoms with van der Waals surface area (Å²) >= 11 is 0. The van der Waals surface area contributed by atoms with E-state index in [4.69, 9.17) is 0 Å².